The lowest BCUT2D eigenvalue weighted by molar-refractivity contribution is -0.117. The van der Waals surface area contributed by atoms with Crippen LogP contribution in [0.5, 0.6) is 0 Å². The molecule has 0 saturated carbocycles. The topological polar surface area (TPSA) is 46.3 Å². The first-order valence-corrected chi connectivity index (χ1v) is 4.41. The molecule has 0 aliphatic carbocycles. The minimum atomic E-state index is 0.00458. The van der Waals surface area contributed by atoms with Crippen molar-refractivity contribution in [1.82, 2.24) is 0 Å². The van der Waals surface area contributed by atoms with Gasteiger partial charge in [0.1, 0.15) is 0 Å². The van der Waals surface area contributed by atoms with Gasteiger partial charge in [0.25, 0.3) is 0 Å². The van der Waals surface area contributed by atoms with Crippen molar-refractivity contribution >= 4 is 11.6 Å². The Labute approximate surface area is 77.1 Å². The van der Waals surface area contributed by atoms with Gasteiger partial charge in [0.2, 0.25) is 5.91 Å². The summed E-state index contributed by atoms with van der Waals surface area (Å²) in [7, 11) is 0. The molecule has 1 aliphatic heterocycles. The number of hydrogen-bond acceptors (Lipinski definition) is 2. The molecule has 1 amide bonds. The SMILES string of the molecule is NCC(=O)N1CCc2ccccc21. The second-order valence-corrected chi connectivity index (χ2v) is 3.13. The number of rotatable bonds is 1. The second kappa shape index (κ2) is 3.18. The van der Waals surface area contributed by atoms with Crippen LogP contribution in [-0.2, 0) is 11.2 Å². The first-order valence-electron chi connectivity index (χ1n) is 4.41. The maximum Gasteiger partial charge on any atom is 0.240 e. The van der Waals surface area contributed by atoms with Crippen LogP contribution in [0.4, 0.5) is 5.69 Å². The van der Waals surface area contributed by atoms with Gasteiger partial charge in [0, 0.05) is 12.2 Å². The third-order valence-electron chi connectivity index (χ3n) is 2.36. The van der Waals surface area contributed by atoms with Crippen LogP contribution in [0, 0.1) is 0 Å². The maximum atomic E-state index is 11.4. The van der Waals surface area contributed by atoms with E-state index in [-0.39, 0.29) is 12.5 Å². The number of anilines is 1. The zero-order valence-corrected chi connectivity index (χ0v) is 7.36. The summed E-state index contributed by atoms with van der Waals surface area (Å²) in [6.45, 7) is 0.865. The summed E-state index contributed by atoms with van der Waals surface area (Å²) in [5.41, 5.74) is 7.58. The molecule has 0 aromatic heterocycles. The Bertz CT molecular complexity index is 335. The van der Waals surface area contributed by atoms with Crippen molar-refractivity contribution in [1.29, 1.82) is 0 Å². The Morgan fingerprint density at radius 2 is 2.23 bits per heavy atom. The summed E-state index contributed by atoms with van der Waals surface area (Å²) in [4.78, 5) is 13.1. The number of benzene rings is 1. The fourth-order valence-corrected chi connectivity index (χ4v) is 1.71. The van der Waals surface area contributed by atoms with E-state index in [2.05, 4.69) is 6.07 Å². The maximum absolute atomic E-state index is 11.4. The monoisotopic (exact) mass is 176 g/mol. The van der Waals surface area contributed by atoms with Crippen molar-refractivity contribution < 1.29 is 4.79 Å². The van der Waals surface area contributed by atoms with E-state index in [0.717, 1.165) is 18.7 Å². The average molecular weight is 176 g/mol. The lowest BCUT2D eigenvalue weighted by Gasteiger charge is -2.15. The molecular weight excluding hydrogens is 164 g/mol. The number of amides is 1. The number of para-hydroxylation sites is 1. The third-order valence-corrected chi connectivity index (χ3v) is 2.36. The molecule has 1 heterocycles. The highest BCUT2D eigenvalue weighted by Crippen LogP contribution is 2.26. The number of carbonyl (C=O) groups excluding carboxylic acids is 1. The lowest BCUT2D eigenvalue weighted by atomic mass is 10.2. The van der Waals surface area contributed by atoms with E-state index >= 15 is 0 Å². The van der Waals surface area contributed by atoms with Gasteiger partial charge >= 0.3 is 0 Å². The summed E-state index contributed by atoms with van der Waals surface area (Å²) in [5, 5.41) is 0. The van der Waals surface area contributed by atoms with Gasteiger partial charge in [-0.1, -0.05) is 18.2 Å². The molecule has 1 aromatic carbocycles. The highest BCUT2D eigenvalue weighted by atomic mass is 16.2. The number of fused-ring (bicyclic) bond motifs is 1. The van der Waals surface area contributed by atoms with Crippen LogP contribution in [0.2, 0.25) is 0 Å². The zero-order valence-electron chi connectivity index (χ0n) is 7.36. The molecule has 13 heavy (non-hydrogen) atoms. The largest absolute Gasteiger partial charge is 0.322 e. The fourth-order valence-electron chi connectivity index (χ4n) is 1.71. The highest BCUT2D eigenvalue weighted by Gasteiger charge is 2.22. The van der Waals surface area contributed by atoms with Gasteiger partial charge in [0.15, 0.2) is 0 Å². The third kappa shape index (κ3) is 1.31. The van der Waals surface area contributed by atoms with Crippen LogP contribution in [0.1, 0.15) is 5.56 Å². The van der Waals surface area contributed by atoms with Crippen molar-refractivity contribution in [2.75, 3.05) is 18.0 Å². The van der Waals surface area contributed by atoms with E-state index in [1.54, 1.807) is 4.90 Å². The van der Waals surface area contributed by atoms with Crippen molar-refractivity contribution in [3.63, 3.8) is 0 Å². The molecule has 1 aliphatic rings. The van der Waals surface area contributed by atoms with Gasteiger partial charge in [-0.25, -0.2) is 0 Å². The zero-order chi connectivity index (χ0) is 9.26. The van der Waals surface area contributed by atoms with Gasteiger partial charge < -0.3 is 10.6 Å². The van der Waals surface area contributed by atoms with E-state index in [9.17, 15) is 4.79 Å². The minimum absolute atomic E-state index is 0.00458. The van der Waals surface area contributed by atoms with Crippen molar-refractivity contribution in [3.05, 3.63) is 29.8 Å². The predicted octanol–water partition coefficient (Wildman–Crippen LogP) is 0.534. The van der Waals surface area contributed by atoms with Crippen LogP contribution in [0.25, 0.3) is 0 Å². The molecule has 0 atom stereocenters. The van der Waals surface area contributed by atoms with Crippen molar-refractivity contribution in [2.45, 2.75) is 6.42 Å². The first kappa shape index (κ1) is 8.26. The summed E-state index contributed by atoms with van der Waals surface area (Å²) in [6.07, 6.45) is 0.946. The molecule has 0 spiro atoms. The van der Waals surface area contributed by atoms with Gasteiger partial charge in [-0.15, -0.1) is 0 Å². The second-order valence-electron chi connectivity index (χ2n) is 3.13. The Balaban J connectivity index is 2.33. The smallest absolute Gasteiger partial charge is 0.240 e. The van der Waals surface area contributed by atoms with Crippen LogP contribution in [0.3, 0.4) is 0 Å². The molecule has 0 fully saturated rings. The normalized spacial score (nSPS) is 14.4. The van der Waals surface area contributed by atoms with E-state index < -0.39 is 0 Å². The Hall–Kier alpha value is -1.35. The molecule has 2 N–H and O–H groups in total. The van der Waals surface area contributed by atoms with E-state index in [4.69, 9.17) is 5.73 Å². The van der Waals surface area contributed by atoms with Crippen LogP contribution >= 0.6 is 0 Å². The Morgan fingerprint density at radius 1 is 1.46 bits per heavy atom. The predicted molar refractivity (Wildman–Crippen MR) is 51.6 cm³/mol. The number of carbonyl (C=O) groups is 1. The van der Waals surface area contributed by atoms with Gasteiger partial charge in [-0.05, 0) is 18.1 Å². The Morgan fingerprint density at radius 3 is 3.00 bits per heavy atom. The standard InChI is InChI=1S/C10H12N2O/c11-7-10(13)12-6-5-8-3-1-2-4-9(8)12/h1-4H,5-7,11H2. The molecule has 2 rings (SSSR count). The quantitative estimate of drug-likeness (QED) is 0.678. The molecule has 0 radical (unpaired) electrons. The molecular formula is C10H12N2O. The number of nitrogens with two attached hydrogens (primary N) is 1. The van der Waals surface area contributed by atoms with Gasteiger partial charge in [-0.3, -0.25) is 4.79 Å². The van der Waals surface area contributed by atoms with Gasteiger partial charge in [0.05, 0.1) is 6.54 Å². The Kier molecular flexibility index (Phi) is 2.02. The summed E-state index contributed by atoms with van der Waals surface area (Å²) < 4.78 is 0. The summed E-state index contributed by atoms with van der Waals surface area (Å²) in [5.74, 6) is 0.00458. The van der Waals surface area contributed by atoms with E-state index in [1.165, 1.54) is 5.56 Å². The molecule has 0 unspecified atom stereocenters. The molecule has 3 heteroatoms. The number of nitrogens with zero attached hydrogens (tertiary/aromatic N) is 1. The summed E-state index contributed by atoms with van der Waals surface area (Å²) in [6, 6.07) is 7.96. The van der Waals surface area contributed by atoms with Crippen LogP contribution < -0.4 is 10.6 Å². The molecule has 68 valence electrons. The minimum Gasteiger partial charge on any atom is -0.322 e. The van der Waals surface area contributed by atoms with Crippen molar-refractivity contribution in [3.8, 4) is 0 Å². The van der Waals surface area contributed by atoms with Gasteiger partial charge in [-0.2, -0.15) is 0 Å². The molecule has 1 aromatic rings. The molecule has 3 nitrogen and oxygen atoms in total. The van der Waals surface area contributed by atoms with Crippen molar-refractivity contribution in [2.24, 2.45) is 5.73 Å². The molecule has 0 bridgehead atoms. The van der Waals surface area contributed by atoms with Crippen LogP contribution in [0.15, 0.2) is 24.3 Å². The van der Waals surface area contributed by atoms with E-state index in [0.29, 0.717) is 0 Å². The lowest BCUT2D eigenvalue weighted by Crippen LogP contribution is -2.34. The van der Waals surface area contributed by atoms with Crippen LogP contribution in [-0.4, -0.2) is 19.0 Å². The van der Waals surface area contributed by atoms with E-state index in [1.807, 2.05) is 18.2 Å². The molecule has 0 saturated heterocycles. The number of hydrogen-bond donors (Lipinski definition) is 1. The first-order chi connectivity index (χ1) is 6.33. The average Bonchev–Trinajstić information content (AvgIpc) is 2.60. The summed E-state index contributed by atoms with van der Waals surface area (Å²) >= 11 is 0. The highest BCUT2D eigenvalue weighted by molar-refractivity contribution is 5.96. The fraction of sp³-hybridized carbons (Fsp3) is 0.300.